The summed E-state index contributed by atoms with van der Waals surface area (Å²) in [6, 6.07) is 6.48. The van der Waals surface area contributed by atoms with Gasteiger partial charge in [-0.25, -0.2) is 4.79 Å². The molecule has 0 unspecified atom stereocenters. The molecule has 6 heteroatoms. The smallest absolute Gasteiger partial charge is 0.342 e. The van der Waals surface area contributed by atoms with Gasteiger partial charge in [-0.3, -0.25) is 0 Å². The number of phenolic OH excluding ortho intramolecular Hbond substituents is 2. The summed E-state index contributed by atoms with van der Waals surface area (Å²) < 4.78 is 6.08. The van der Waals surface area contributed by atoms with Gasteiger partial charge in [0.2, 0.25) is 0 Å². The number of hydrogen-bond donors (Lipinski definition) is 2. The van der Waals surface area contributed by atoms with Crippen LogP contribution in [0.1, 0.15) is 27.7 Å². The van der Waals surface area contributed by atoms with E-state index in [0.717, 1.165) is 13.8 Å². The second kappa shape index (κ2) is 6.95. The maximum atomic E-state index is 11.9. The first kappa shape index (κ1) is 15.8. The Morgan fingerprint density at radius 1 is 1.33 bits per heavy atom. The quantitative estimate of drug-likeness (QED) is 0.582. The predicted molar refractivity (Wildman–Crippen MR) is 91.7 cm³/mol. The van der Waals surface area contributed by atoms with Gasteiger partial charge in [0, 0.05) is 10.9 Å². The van der Waals surface area contributed by atoms with Crippen molar-refractivity contribution < 1.29 is 19.7 Å². The van der Waals surface area contributed by atoms with Gasteiger partial charge in [-0.15, -0.1) is 11.3 Å². The van der Waals surface area contributed by atoms with Crippen LogP contribution in [0.15, 0.2) is 24.3 Å². The Bertz CT molecular complexity index is 691. The number of benzene rings is 1. The lowest BCUT2D eigenvalue weighted by Gasteiger charge is -2.08. The summed E-state index contributed by atoms with van der Waals surface area (Å²) in [5, 5.41) is 19.5. The normalized spacial score (nSPS) is 11.0. The van der Waals surface area contributed by atoms with Crippen LogP contribution in [-0.2, 0) is 4.74 Å². The van der Waals surface area contributed by atoms with Crippen molar-refractivity contribution in [3.05, 3.63) is 43.2 Å². The van der Waals surface area contributed by atoms with E-state index in [-0.39, 0.29) is 23.7 Å². The summed E-state index contributed by atoms with van der Waals surface area (Å²) in [6.07, 6.45) is 3.50. The van der Waals surface area contributed by atoms with Gasteiger partial charge in [-0.1, -0.05) is 6.08 Å². The zero-order valence-electron chi connectivity index (χ0n) is 11.2. The molecule has 1 heterocycles. The monoisotopic (exact) mass is 416 g/mol. The molecule has 0 aliphatic carbocycles. The first-order valence-corrected chi connectivity index (χ1v) is 8.07. The summed E-state index contributed by atoms with van der Waals surface area (Å²) in [5.74, 6) is -1.02. The molecule has 21 heavy (non-hydrogen) atoms. The molecule has 2 N–H and O–H groups in total. The average molecular weight is 416 g/mol. The number of hydrogen-bond acceptors (Lipinski definition) is 5. The molecule has 0 saturated carbocycles. The van der Waals surface area contributed by atoms with Crippen LogP contribution in [0.4, 0.5) is 0 Å². The highest BCUT2D eigenvalue weighted by atomic mass is 127. The van der Waals surface area contributed by atoms with E-state index >= 15 is 0 Å². The average Bonchev–Trinajstić information content (AvgIpc) is 2.81. The summed E-state index contributed by atoms with van der Waals surface area (Å²) >= 11 is 3.82. The zero-order valence-corrected chi connectivity index (χ0v) is 14.1. The lowest BCUT2D eigenvalue weighted by Crippen LogP contribution is -2.07. The van der Waals surface area contributed by atoms with E-state index in [9.17, 15) is 15.0 Å². The number of thiophene rings is 1. The Morgan fingerprint density at radius 2 is 2.10 bits per heavy atom. The van der Waals surface area contributed by atoms with E-state index in [0.29, 0.717) is 5.56 Å². The highest BCUT2D eigenvalue weighted by Crippen LogP contribution is 2.30. The number of rotatable bonds is 4. The highest BCUT2D eigenvalue weighted by Gasteiger charge is 2.17. The topological polar surface area (TPSA) is 66.8 Å². The third kappa shape index (κ3) is 3.98. The molecule has 0 spiro atoms. The van der Waals surface area contributed by atoms with Gasteiger partial charge in [0.05, 0.1) is 9.49 Å². The van der Waals surface area contributed by atoms with Crippen LogP contribution >= 0.6 is 33.9 Å². The van der Waals surface area contributed by atoms with E-state index in [1.165, 1.54) is 6.07 Å². The maximum Gasteiger partial charge on any atom is 0.342 e. The number of aromatic hydroxyl groups is 2. The largest absolute Gasteiger partial charge is 0.508 e. The van der Waals surface area contributed by atoms with Crippen LogP contribution in [0, 0.1) is 2.88 Å². The van der Waals surface area contributed by atoms with Crippen LogP contribution in [0.25, 0.3) is 12.2 Å². The van der Waals surface area contributed by atoms with E-state index < -0.39 is 5.97 Å². The molecular formula is C15H13IO4S. The van der Waals surface area contributed by atoms with Crippen LogP contribution in [-0.4, -0.2) is 22.8 Å². The fourth-order valence-corrected chi connectivity index (χ4v) is 3.36. The Balaban J connectivity index is 2.41. The van der Waals surface area contributed by atoms with Crippen molar-refractivity contribution in [3.63, 3.8) is 0 Å². The van der Waals surface area contributed by atoms with Crippen LogP contribution < -0.4 is 0 Å². The van der Waals surface area contributed by atoms with Crippen molar-refractivity contribution in [2.45, 2.75) is 6.92 Å². The van der Waals surface area contributed by atoms with Crippen molar-refractivity contribution in [2.24, 2.45) is 0 Å². The van der Waals surface area contributed by atoms with Crippen molar-refractivity contribution in [2.75, 3.05) is 6.61 Å². The number of carbonyl (C=O) groups excluding carboxylic acids is 1. The lowest BCUT2D eigenvalue weighted by atomic mass is 10.0. The minimum Gasteiger partial charge on any atom is -0.508 e. The molecule has 0 aliphatic rings. The highest BCUT2D eigenvalue weighted by molar-refractivity contribution is 14.1. The van der Waals surface area contributed by atoms with Gasteiger partial charge in [0.15, 0.2) is 0 Å². The summed E-state index contributed by atoms with van der Waals surface area (Å²) in [5.41, 5.74) is 0.464. The van der Waals surface area contributed by atoms with Crippen molar-refractivity contribution in [1.29, 1.82) is 0 Å². The second-order valence-corrected chi connectivity index (χ2v) is 7.13. The Morgan fingerprint density at radius 3 is 2.71 bits per heavy atom. The minimum absolute atomic E-state index is 0.0529. The van der Waals surface area contributed by atoms with E-state index in [1.54, 1.807) is 24.3 Å². The Hall–Kier alpha value is -1.54. The van der Waals surface area contributed by atoms with Crippen LogP contribution in [0.3, 0.4) is 0 Å². The molecule has 2 rings (SSSR count). The lowest BCUT2D eigenvalue weighted by molar-refractivity contribution is 0.0523. The fraction of sp³-hybridized carbons (Fsp3) is 0.133. The van der Waals surface area contributed by atoms with Gasteiger partial charge >= 0.3 is 5.97 Å². The van der Waals surface area contributed by atoms with Gasteiger partial charge in [-0.2, -0.15) is 0 Å². The molecule has 0 atom stereocenters. The van der Waals surface area contributed by atoms with Gasteiger partial charge in [-0.05, 0) is 59.4 Å². The number of phenols is 2. The SMILES string of the molecule is CCOC(=O)c1c(O)cc(O)cc1/C=C/c1ccc(I)s1. The first-order chi connectivity index (χ1) is 10.0. The maximum absolute atomic E-state index is 11.9. The molecular weight excluding hydrogens is 403 g/mol. The molecule has 1 aromatic heterocycles. The number of ether oxygens (including phenoxy) is 1. The summed E-state index contributed by atoms with van der Waals surface area (Å²) in [4.78, 5) is 12.9. The molecule has 0 saturated heterocycles. The van der Waals surface area contributed by atoms with Crippen molar-refractivity contribution >= 4 is 52.0 Å². The molecule has 1 aromatic carbocycles. The van der Waals surface area contributed by atoms with Crippen LogP contribution in [0.5, 0.6) is 11.5 Å². The molecule has 0 radical (unpaired) electrons. The van der Waals surface area contributed by atoms with E-state index in [4.69, 9.17) is 4.74 Å². The third-order valence-electron chi connectivity index (χ3n) is 2.63. The van der Waals surface area contributed by atoms with E-state index in [1.807, 2.05) is 18.2 Å². The van der Waals surface area contributed by atoms with Crippen LogP contribution in [0.2, 0.25) is 0 Å². The summed E-state index contributed by atoms with van der Waals surface area (Å²) in [7, 11) is 0. The molecule has 0 bridgehead atoms. The third-order valence-corrected chi connectivity index (χ3v) is 4.49. The molecule has 110 valence electrons. The standard InChI is InChI=1S/C15H13IO4S/c1-2-20-15(19)14-9(7-10(17)8-12(14)18)3-4-11-5-6-13(16)21-11/h3-8,17-18H,2H2,1H3/b4-3+. The number of halogens is 1. The molecule has 0 aliphatic heterocycles. The summed E-state index contributed by atoms with van der Waals surface area (Å²) in [6.45, 7) is 1.91. The van der Waals surface area contributed by atoms with Gasteiger partial charge < -0.3 is 14.9 Å². The van der Waals surface area contributed by atoms with Gasteiger partial charge in [0.1, 0.15) is 17.1 Å². The Kier molecular flexibility index (Phi) is 5.24. The van der Waals surface area contributed by atoms with Gasteiger partial charge in [0.25, 0.3) is 0 Å². The molecule has 2 aromatic rings. The fourth-order valence-electron chi connectivity index (χ4n) is 1.78. The van der Waals surface area contributed by atoms with Crippen molar-refractivity contribution in [3.8, 4) is 11.5 Å². The Labute approximate surface area is 139 Å². The predicted octanol–water partition coefficient (Wildman–Crippen LogP) is 4.11. The number of carbonyl (C=O) groups is 1. The number of esters is 1. The zero-order chi connectivity index (χ0) is 15.4. The first-order valence-electron chi connectivity index (χ1n) is 6.17. The van der Waals surface area contributed by atoms with E-state index in [2.05, 4.69) is 22.6 Å². The van der Waals surface area contributed by atoms with Crippen molar-refractivity contribution in [1.82, 2.24) is 0 Å². The minimum atomic E-state index is -0.615. The second-order valence-electron chi connectivity index (χ2n) is 4.12. The molecule has 4 nitrogen and oxygen atoms in total. The molecule has 0 fully saturated rings. The molecule has 0 amide bonds.